The van der Waals surface area contributed by atoms with Crippen LogP contribution in [0.2, 0.25) is 0 Å². The van der Waals surface area contributed by atoms with Crippen LogP contribution in [-0.4, -0.2) is 0 Å². The average Bonchev–Trinajstić information content (AvgIpc) is 3.29. The third-order valence-corrected chi connectivity index (χ3v) is 6.65. The molecule has 0 heterocycles. The Kier molecular flexibility index (Phi) is 3.75. The van der Waals surface area contributed by atoms with Gasteiger partial charge in [-0.05, 0) is 81.8 Å². The molecule has 6 unspecified atom stereocenters. The van der Waals surface area contributed by atoms with Gasteiger partial charge in [-0.1, -0.05) is 47.6 Å². The van der Waals surface area contributed by atoms with Crippen LogP contribution in [0.25, 0.3) is 0 Å². The van der Waals surface area contributed by atoms with Gasteiger partial charge in [0.25, 0.3) is 0 Å². The van der Waals surface area contributed by atoms with E-state index in [0.29, 0.717) is 0 Å². The SMILES string of the molecule is C1=CC2C3C=CC(C3)C2C1.CC(C)=C1C(=C(C)C)C2C=CC1C2. The highest BCUT2D eigenvalue weighted by Gasteiger charge is 2.44. The largest absolute Gasteiger partial charge is 0.0879 e. The Balaban J connectivity index is 0.000000121. The van der Waals surface area contributed by atoms with E-state index in [4.69, 9.17) is 0 Å². The first-order valence-electron chi connectivity index (χ1n) is 9.44. The zero-order chi connectivity index (χ0) is 16.1. The highest BCUT2D eigenvalue weighted by Crippen LogP contribution is 2.52. The average molecular weight is 306 g/mol. The number of fused-ring (bicyclic) bond motifs is 7. The van der Waals surface area contributed by atoms with Crippen molar-refractivity contribution in [3.63, 3.8) is 0 Å². The Hall–Kier alpha value is -1.30. The topological polar surface area (TPSA) is 0 Å². The van der Waals surface area contributed by atoms with E-state index in [0.717, 1.165) is 35.5 Å². The predicted octanol–water partition coefficient (Wildman–Crippen LogP) is 6.25. The predicted molar refractivity (Wildman–Crippen MR) is 99.0 cm³/mol. The Morgan fingerprint density at radius 2 is 1.35 bits per heavy atom. The maximum atomic E-state index is 2.44. The molecule has 0 saturated heterocycles. The number of hydrogen-bond donors (Lipinski definition) is 0. The molecule has 0 spiro atoms. The lowest BCUT2D eigenvalue weighted by Gasteiger charge is -2.18. The third kappa shape index (κ3) is 2.42. The lowest BCUT2D eigenvalue weighted by molar-refractivity contribution is 0.398. The molecule has 0 amide bonds. The minimum Gasteiger partial charge on any atom is -0.0879 e. The summed E-state index contributed by atoms with van der Waals surface area (Å²) in [6.07, 6.45) is 18.6. The molecule has 0 N–H and O–H groups in total. The van der Waals surface area contributed by atoms with Crippen LogP contribution in [-0.2, 0) is 0 Å². The fourth-order valence-corrected chi connectivity index (χ4v) is 5.78. The molecule has 0 nitrogen and oxygen atoms in total. The van der Waals surface area contributed by atoms with Gasteiger partial charge < -0.3 is 0 Å². The summed E-state index contributed by atoms with van der Waals surface area (Å²) in [4.78, 5) is 0. The lowest BCUT2D eigenvalue weighted by Crippen LogP contribution is -2.12. The Labute approximate surface area is 141 Å². The van der Waals surface area contributed by atoms with Crippen molar-refractivity contribution in [2.75, 3.05) is 0 Å². The van der Waals surface area contributed by atoms with Gasteiger partial charge in [0.2, 0.25) is 0 Å². The first kappa shape index (κ1) is 15.2. The third-order valence-electron chi connectivity index (χ3n) is 6.65. The van der Waals surface area contributed by atoms with Crippen LogP contribution in [0.15, 0.2) is 58.7 Å². The second-order valence-electron chi connectivity index (χ2n) is 8.51. The van der Waals surface area contributed by atoms with Gasteiger partial charge in [-0.2, -0.15) is 0 Å². The van der Waals surface area contributed by atoms with Gasteiger partial charge >= 0.3 is 0 Å². The molecule has 122 valence electrons. The molecular formula is C23H30. The fraction of sp³-hybridized carbons (Fsp3) is 0.565. The molecular weight excluding hydrogens is 276 g/mol. The normalized spacial score (nSPS) is 40.7. The molecule has 5 rings (SSSR count). The van der Waals surface area contributed by atoms with Crippen molar-refractivity contribution < 1.29 is 0 Å². The summed E-state index contributed by atoms with van der Waals surface area (Å²) < 4.78 is 0. The van der Waals surface area contributed by atoms with E-state index in [9.17, 15) is 0 Å². The van der Waals surface area contributed by atoms with Crippen molar-refractivity contribution in [2.45, 2.75) is 47.0 Å². The molecule has 0 heteroatoms. The van der Waals surface area contributed by atoms with Crippen LogP contribution in [0.5, 0.6) is 0 Å². The summed E-state index contributed by atoms with van der Waals surface area (Å²) >= 11 is 0. The molecule has 2 saturated carbocycles. The van der Waals surface area contributed by atoms with E-state index in [1.807, 2.05) is 0 Å². The summed E-state index contributed by atoms with van der Waals surface area (Å²) in [5.41, 5.74) is 6.28. The highest BCUT2D eigenvalue weighted by atomic mass is 14.5. The Morgan fingerprint density at radius 3 is 1.91 bits per heavy atom. The van der Waals surface area contributed by atoms with Gasteiger partial charge in [0.15, 0.2) is 0 Å². The van der Waals surface area contributed by atoms with Gasteiger partial charge in [0, 0.05) is 11.8 Å². The van der Waals surface area contributed by atoms with Crippen LogP contribution in [0.3, 0.4) is 0 Å². The van der Waals surface area contributed by atoms with E-state index in [2.05, 4.69) is 64.2 Å². The molecule has 4 bridgehead atoms. The first-order valence-corrected chi connectivity index (χ1v) is 9.44. The van der Waals surface area contributed by atoms with E-state index in [1.165, 1.54) is 30.4 Å². The van der Waals surface area contributed by atoms with E-state index < -0.39 is 0 Å². The van der Waals surface area contributed by atoms with Crippen molar-refractivity contribution in [1.29, 1.82) is 0 Å². The summed E-state index contributed by atoms with van der Waals surface area (Å²) in [5, 5.41) is 0. The molecule has 0 radical (unpaired) electrons. The van der Waals surface area contributed by atoms with Gasteiger partial charge in [-0.15, -0.1) is 0 Å². The van der Waals surface area contributed by atoms with Crippen molar-refractivity contribution in [3.8, 4) is 0 Å². The molecule has 2 fully saturated rings. The van der Waals surface area contributed by atoms with Crippen LogP contribution in [0.1, 0.15) is 47.0 Å². The summed E-state index contributed by atoms with van der Waals surface area (Å²) in [6, 6.07) is 0. The fourth-order valence-electron chi connectivity index (χ4n) is 5.78. The smallest absolute Gasteiger partial charge is 0.00292 e. The summed E-state index contributed by atoms with van der Waals surface area (Å²) in [6.45, 7) is 8.97. The second kappa shape index (κ2) is 5.65. The summed E-state index contributed by atoms with van der Waals surface area (Å²) in [5.74, 6) is 5.29. The maximum Gasteiger partial charge on any atom is 0.00292 e. The molecule has 0 aromatic heterocycles. The zero-order valence-corrected chi connectivity index (χ0v) is 15.0. The molecule has 0 aromatic rings. The van der Waals surface area contributed by atoms with Crippen LogP contribution < -0.4 is 0 Å². The lowest BCUT2D eigenvalue weighted by atomic mass is 9.86. The summed E-state index contributed by atoms with van der Waals surface area (Å²) in [7, 11) is 0. The van der Waals surface area contributed by atoms with Crippen molar-refractivity contribution in [2.24, 2.45) is 35.5 Å². The molecule has 5 aliphatic rings. The standard InChI is InChI=1S/C13H18.C10H12/c1-8(2)12-10-5-6-11(7-10)13(12)9(3)4;1-2-9-7-4-5-8(6-7)10(9)3-1/h5-6,10-11H,7H2,1-4H3;1-2,4-5,7-10H,3,6H2. The van der Waals surface area contributed by atoms with Gasteiger partial charge in [0.1, 0.15) is 0 Å². The zero-order valence-electron chi connectivity index (χ0n) is 15.0. The molecule has 23 heavy (non-hydrogen) atoms. The number of rotatable bonds is 0. The van der Waals surface area contributed by atoms with E-state index in [1.54, 1.807) is 11.1 Å². The van der Waals surface area contributed by atoms with Crippen LogP contribution in [0, 0.1) is 35.5 Å². The number of hydrogen-bond acceptors (Lipinski definition) is 0. The highest BCUT2D eigenvalue weighted by molar-refractivity contribution is 5.51. The minimum atomic E-state index is 0.736. The minimum absolute atomic E-state index is 0.736. The Bertz CT molecular complexity index is 612. The molecule has 0 aromatic carbocycles. The molecule has 0 aliphatic heterocycles. The maximum absolute atomic E-state index is 2.44. The van der Waals surface area contributed by atoms with Crippen molar-refractivity contribution >= 4 is 0 Å². The monoisotopic (exact) mass is 306 g/mol. The Morgan fingerprint density at radius 1 is 0.739 bits per heavy atom. The quantitative estimate of drug-likeness (QED) is 0.464. The first-order chi connectivity index (χ1) is 11.1. The molecule has 6 atom stereocenters. The second-order valence-corrected chi connectivity index (χ2v) is 8.51. The molecule has 5 aliphatic carbocycles. The van der Waals surface area contributed by atoms with E-state index >= 15 is 0 Å². The van der Waals surface area contributed by atoms with Crippen LogP contribution in [0.4, 0.5) is 0 Å². The van der Waals surface area contributed by atoms with Crippen molar-refractivity contribution in [1.82, 2.24) is 0 Å². The van der Waals surface area contributed by atoms with E-state index in [-0.39, 0.29) is 0 Å². The van der Waals surface area contributed by atoms with Gasteiger partial charge in [-0.25, -0.2) is 0 Å². The van der Waals surface area contributed by atoms with Crippen molar-refractivity contribution in [3.05, 3.63) is 58.7 Å². The van der Waals surface area contributed by atoms with Gasteiger partial charge in [-0.3, -0.25) is 0 Å². The van der Waals surface area contributed by atoms with Crippen LogP contribution >= 0.6 is 0 Å². The van der Waals surface area contributed by atoms with Gasteiger partial charge in [0.05, 0.1) is 0 Å². The number of allylic oxidation sites excluding steroid dienone is 10.